The predicted molar refractivity (Wildman–Crippen MR) is 266 cm³/mol. The van der Waals surface area contributed by atoms with Gasteiger partial charge in [0, 0.05) is 102 Å². The maximum atomic E-state index is 15.1. The number of halogens is 3. The van der Waals surface area contributed by atoms with Gasteiger partial charge >= 0.3 is 18.2 Å². The van der Waals surface area contributed by atoms with Gasteiger partial charge in [0.25, 0.3) is 11.8 Å². The number of hydrogen-bond acceptors (Lipinski definition) is 15. The number of nitrogens with zero attached hydrogens (tertiary/aromatic N) is 8. The molecule has 7 heterocycles. The highest BCUT2D eigenvalue weighted by Crippen LogP contribution is 2.48. The van der Waals surface area contributed by atoms with Crippen LogP contribution in [0.5, 0.6) is 0 Å². The second kappa shape index (κ2) is 23.8. The van der Waals surface area contributed by atoms with Gasteiger partial charge in [0.2, 0.25) is 11.8 Å². The van der Waals surface area contributed by atoms with Crippen molar-refractivity contribution in [2.75, 3.05) is 121 Å². The van der Waals surface area contributed by atoms with E-state index in [2.05, 4.69) is 26.4 Å². The number of fused-ring (bicyclic) bond motifs is 3. The monoisotopic (exact) mass is 1060 g/mol. The van der Waals surface area contributed by atoms with Crippen molar-refractivity contribution in [3.05, 3.63) is 70.7 Å². The fraction of sp³-hybridized carbons (Fsp3) is 0.520. The molecule has 0 aliphatic carbocycles. The molecule has 2 aromatic carbocycles. The number of aromatic nitrogens is 4. The van der Waals surface area contributed by atoms with Crippen LogP contribution < -0.4 is 31.1 Å². The zero-order chi connectivity index (χ0) is 53.5. The molecule has 0 saturated carbocycles. The van der Waals surface area contributed by atoms with E-state index in [1.165, 1.54) is 34.1 Å². The number of urea groups is 2. The molecule has 26 heteroatoms. The third kappa shape index (κ3) is 11.8. The minimum atomic E-state index is -4.77. The molecule has 2 fully saturated rings. The molecule has 4 N–H and O–H groups in total. The zero-order valence-corrected chi connectivity index (χ0v) is 42.2. The minimum absolute atomic E-state index is 0.0127. The minimum Gasteiger partial charge on any atom is -0.383 e. The number of ether oxygens (including phenoxy) is 5. The topological polar surface area (TPSA) is 245 Å². The summed E-state index contributed by atoms with van der Waals surface area (Å²) in [5, 5.41) is 20.1. The Kier molecular flexibility index (Phi) is 16.8. The van der Waals surface area contributed by atoms with Crippen molar-refractivity contribution in [2.45, 2.75) is 56.9 Å². The largest absolute Gasteiger partial charge is 0.417 e. The van der Waals surface area contributed by atoms with Crippen LogP contribution in [0.4, 0.5) is 45.6 Å². The van der Waals surface area contributed by atoms with Gasteiger partial charge in [-0.1, -0.05) is 0 Å². The highest BCUT2D eigenvalue weighted by Gasteiger charge is 2.45. The lowest BCUT2D eigenvalue weighted by Gasteiger charge is -2.38. The fourth-order valence-electron chi connectivity index (χ4n) is 10.1. The SMILES string of the molecule is CNC(=O)N1CCc2c(c(N3CCN(C(=O)NCCOCCOCCOCCOCCNc4ccc5c(c4)C(=O)N(C4CCC(=O)NC4=O)C5=O)c4cc(-c5cnn(C)c5)c(C(F)(F)F)cc43)nn2C2CCOCC2)C1. The molecule has 0 spiro atoms. The summed E-state index contributed by atoms with van der Waals surface area (Å²) in [5.41, 5.74) is 2.25. The molecule has 2 aromatic heterocycles. The number of aryl methyl sites for hydroxylation is 1. The number of nitrogens with one attached hydrogen (secondary N) is 4. The summed E-state index contributed by atoms with van der Waals surface area (Å²) in [4.78, 5) is 82.5. The van der Waals surface area contributed by atoms with Crippen molar-refractivity contribution in [1.82, 2.24) is 45.3 Å². The van der Waals surface area contributed by atoms with Gasteiger partial charge in [-0.2, -0.15) is 23.4 Å². The molecule has 2 saturated heterocycles. The van der Waals surface area contributed by atoms with Gasteiger partial charge < -0.3 is 49.4 Å². The molecule has 76 heavy (non-hydrogen) atoms. The molecule has 0 radical (unpaired) electrons. The number of hydrogen-bond donors (Lipinski definition) is 4. The summed E-state index contributed by atoms with van der Waals surface area (Å²) in [6.45, 7) is 4.72. The molecule has 1 unspecified atom stereocenters. The Hall–Kier alpha value is -7.13. The van der Waals surface area contributed by atoms with E-state index in [0.717, 1.165) is 22.2 Å². The molecule has 8 amide bonds. The summed E-state index contributed by atoms with van der Waals surface area (Å²) >= 11 is 0. The first-order chi connectivity index (χ1) is 36.7. The lowest BCUT2D eigenvalue weighted by atomic mass is 9.97. The molecule has 9 rings (SSSR count). The van der Waals surface area contributed by atoms with Crippen LogP contribution in [0.15, 0.2) is 42.7 Å². The summed E-state index contributed by atoms with van der Waals surface area (Å²) < 4.78 is 76.8. The smallest absolute Gasteiger partial charge is 0.383 e. The predicted octanol–water partition coefficient (Wildman–Crippen LogP) is 3.60. The van der Waals surface area contributed by atoms with Gasteiger partial charge in [0.1, 0.15) is 6.04 Å². The summed E-state index contributed by atoms with van der Waals surface area (Å²) in [6, 6.07) is 5.41. The second-order valence-corrected chi connectivity index (χ2v) is 18.7. The van der Waals surface area contributed by atoms with Crippen LogP contribution in [0.2, 0.25) is 0 Å². The lowest BCUT2D eigenvalue weighted by Crippen LogP contribution is -2.54. The van der Waals surface area contributed by atoms with E-state index >= 15 is 13.2 Å². The van der Waals surface area contributed by atoms with Gasteiger partial charge in [-0.25, -0.2) is 9.59 Å². The number of benzene rings is 2. The number of rotatable bonds is 20. The number of carbonyl (C=O) groups is 6. The molecule has 1 atom stereocenters. The molecule has 5 aliphatic rings. The van der Waals surface area contributed by atoms with E-state index in [4.69, 9.17) is 28.8 Å². The van der Waals surface area contributed by atoms with Crippen LogP contribution in [0.25, 0.3) is 11.1 Å². The third-order valence-corrected chi connectivity index (χ3v) is 13.8. The first-order valence-corrected chi connectivity index (χ1v) is 25.3. The van der Waals surface area contributed by atoms with E-state index in [1.807, 2.05) is 4.68 Å². The molecule has 0 bridgehead atoms. The van der Waals surface area contributed by atoms with Crippen LogP contribution in [0, 0.1) is 0 Å². The third-order valence-electron chi connectivity index (χ3n) is 13.8. The second-order valence-electron chi connectivity index (χ2n) is 18.7. The van der Waals surface area contributed by atoms with E-state index in [0.29, 0.717) is 90.1 Å². The normalized spacial score (nSPS) is 17.9. The quantitative estimate of drug-likeness (QED) is 0.0730. The zero-order valence-electron chi connectivity index (χ0n) is 42.2. The molecule has 5 aliphatic heterocycles. The van der Waals surface area contributed by atoms with Gasteiger partial charge in [0.05, 0.1) is 99.7 Å². The molecule has 408 valence electrons. The van der Waals surface area contributed by atoms with Gasteiger partial charge in [-0.3, -0.25) is 43.7 Å². The Labute approximate surface area is 435 Å². The molecular formula is C50H61F3N12O11. The molecular weight excluding hydrogens is 1000 g/mol. The highest BCUT2D eigenvalue weighted by atomic mass is 19.4. The Bertz CT molecular complexity index is 2820. The number of piperidine rings is 1. The van der Waals surface area contributed by atoms with Crippen LogP contribution >= 0.6 is 0 Å². The van der Waals surface area contributed by atoms with Crippen LogP contribution in [-0.4, -0.2) is 177 Å². The van der Waals surface area contributed by atoms with Crippen molar-refractivity contribution in [3.8, 4) is 11.1 Å². The van der Waals surface area contributed by atoms with Gasteiger partial charge in [-0.15, -0.1) is 0 Å². The average Bonchev–Trinajstić information content (AvgIpc) is 4.20. The first-order valence-electron chi connectivity index (χ1n) is 25.3. The van der Waals surface area contributed by atoms with Crippen molar-refractivity contribution < 1.29 is 65.6 Å². The molecule has 4 aromatic rings. The number of carbonyl (C=O) groups excluding carboxylic acids is 6. The van der Waals surface area contributed by atoms with E-state index < -0.39 is 47.4 Å². The van der Waals surface area contributed by atoms with Crippen molar-refractivity contribution in [2.24, 2.45) is 7.05 Å². The van der Waals surface area contributed by atoms with Crippen molar-refractivity contribution in [1.29, 1.82) is 0 Å². The van der Waals surface area contributed by atoms with E-state index in [1.54, 1.807) is 36.0 Å². The van der Waals surface area contributed by atoms with Crippen LogP contribution in [-0.2, 0) is 59.5 Å². The Morgan fingerprint density at radius 3 is 2.17 bits per heavy atom. The number of alkyl halides is 3. The number of anilines is 4. The van der Waals surface area contributed by atoms with Crippen molar-refractivity contribution >= 4 is 58.6 Å². The van der Waals surface area contributed by atoms with Gasteiger partial charge in [0.15, 0.2) is 5.82 Å². The molecule has 23 nitrogen and oxygen atoms in total. The number of imide groups is 2. The van der Waals surface area contributed by atoms with Crippen LogP contribution in [0.1, 0.15) is 69.3 Å². The summed E-state index contributed by atoms with van der Waals surface area (Å²) in [7, 11) is 3.17. The van der Waals surface area contributed by atoms with Gasteiger partial charge in [-0.05, 0) is 55.2 Å². The maximum Gasteiger partial charge on any atom is 0.417 e. The average molecular weight is 1060 g/mol. The maximum absolute atomic E-state index is 15.1. The summed E-state index contributed by atoms with van der Waals surface area (Å²) in [5.74, 6) is -1.82. The first kappa shape index (κ1) is 53.7. The standard InChI is InChI=1S/C50H61F3N12O11/c1-54-48(70)61-12-7-39-37(30-61)44(59-65(39)33-8-15-72-16-9-33)62-13-14-63(41-26-35(31-28-57-60(2)29-31)38(27-42(41)62)50(51,52)53)49(71)56-11-18-74-20-22-76-24-23-75-21-19-73-17-10-55-32-3-4-34-36(25-32)47(69)64(46(34)68)40-5-6-43(66)58-45(40)67/h3-4,25-29,33,40,55H,5-24,30H2,1-2H3,(H,54,70)(H,56,71)(H,58,66,67). The van der Waals surface area contributed by atoms with Crippen LogP contribution in [0.3, 0.4) is 0 Å². The Morgan fingerprint density at radius 2 is 1.50 bits per heavy atom. The summed E-state index contributed by atoms with van der Waals surface area (Å²) in [6.07, 6.45) is 0.144. The highest BCUT2D eigenvalue weighted by molar-refractivity contribution is 6.23. The Balaban J connectivity index is 0.722. The number of amides is 8. The van der Waals surface area contributed by atoms with Crippen molar-refractivity contribution in [3.63, 3.8) is 0 Å². The fourth-order valence-corrected chi connectivity index (χ4v) is 10.1. The lowest BCUT2D eigenvalue weighted by molar-refractivity contribution is -0.137. The van der Waals surface area contributed by atoms with E-state index in [-0.39, 0.29) is 105 Å². The van der Waals surface area contributed by atoms with E-state index in [9.17, 15) is 28.8 Å². The Morgan fingerprint density at radius 1 is 0.803 bits per heavy atom.